The largest absolute Gasteiger partial charge is 0.352 e. The van der Waals surface area contributed by atoms with Crippen molar-refractivity contribution in [2.24, 2.45) is 5.73 Å². The van der Waals surface area contributed by atoms with Gasteiger partial charge in [0.25, 0.3) is 0 Å². The van der Waals surface area contributed by atoms with Crippen molar-refractivity contribution < 1.29 is 4.79 Å². The van der Waals surface area contributed by atoms with Crippen molar-refractivity contribution >= 4 is 16.9 Å². The topological polar surface area (TPSA) is 99.9 Å². The summed E-state index contributed by atoms with van der Waals surface area (Å²) in [4.78, 5) is 27.3. The predicted molar refractivity (Wildman–Crippen MR) is 137 cm³/mol. The fraction of sp³-hybridized carbons (Fsp3) is 0.321. The average molecular weight is 469 g/mol. The molecule has 1 aliphatic rings. The molecule has 0 saturated heterocycles. The molecule has 0 fully saturated rings. The molecule has 2 aromatic heterocycles. The highest BCUT2D eigenvalue weighted by Crippen LogP contribution is 2.35. The molecule has 1 amide bonds. The van der Waals surface area contributed by atoms with Crippen LogP contribution in [0.25, 0.3) is 11.0 Å². The van der Waals surface area contributed by atoms with Gasteiger partial charge in [0, 0.05) is 32.8 Å². The first-order valence-electron chi connectivity index (χ1n) is 12.3. The summed E-state index contributed by atoms with van der Waals surface area (Å²) >= 11 is 0. The second kappa shape index (κ2) is 10.4. The maximum Gasteiger partial charge on any atom is 0.217 e. The number of carbonyl (C=O) groups excluding carboxylic acids is 1. The molecule has 2 aromatic carbocycles. The van der Waals surface area contributed by atoms with Crippen molar-refractivity contribution in [3.63, 3.8) is 0 Å². The van der Waals surface area contributed by atoms with Crippen LogP contribution in [0, 0.1) is 0 Å². The highest BCUT2D eigenvalue weighted by molar-refractivity contribution is 5.74. The molecule has 0 aliphatic heterocycles. The number of amides is 1. The molecule has 7 nitrogen and oxygen atoms in total. The SMILES string of the molecule is CC(=O)NCc1cc(CN)ccc1CN(Cc1nc2ccccc2[nH]1)C1CCCc2cccnc21. The van der Waals surface area contributed by atoms with Gasteiger partial charge in [-0.05, 0) is 59.7 Å². The Labute approximate surface area is 205 Å². The van der Waals surface area contributed by atoms with Gasteiger partial charge in [0.15, 0.2) is 0 Å². The molecule has 1 atom stereocenters. The minimum Gasteiger partial charge on any atom is -0.352 e. The van der Waals surface area contributed by atoms with Crippen LogP contribution in [0.4, 0.5) is 0 Å². The Hall–Kier alpha value is -3.55. The second-order valence-electron chi connectivity index (χ2n) is 9.28. The normalized spacial score (nSPS) is 15.3. The van der Waals surface area contributed by atoms with Crippen molar-refractivity contribution in [2.45, 2.75) is 58.4 Å². The maximum absolute atomic E-state index is 11.6. The molecule has 180 valence electrons. The number of aromatic amines is 1. The van der Waals surface area contributed by atoms with Crippen molar-refractivity contribution in [3.05, 3.63) is 94.6 Å². The van der Waals surface area contributed by atoms with Crippen LogP contribution < -0.4 is 11.1 Å². The molecule has 0 radical (unpaired) electrons. The van der Waals surface area contributed by atoms with Crippen LogP contribution in [-0.2, 0) is 37.4 Å². The first kappa shape index (κ1) is 23.2. The summed E-state index contributed by atoms with van der Waals surface area (Å²) < 4.78 is 0. The van der Waals surface area contributed by atoms with E-state index in [2.05, 4.69) is 45.5 Å². The summed E-state index contributed by atoms with van der Waals surface area (Å²) in [6, 6.07) is 18.9. The zero-order valence-corrected chi connectivity index (χ0v) is 20.1. The lowest BCUT2D eigenvalue weighted by atomic mass is 9.90. The molecule has 5 rings (SSSR count). The number of benzene rings is 2. The van der Waals surface area contributed by atoms with Crippen LogP contribution in [0.2, 0.25) is 0 Å². The Balaban J connectivity index is 1.51. The summed E-state index contributed by atoms with van der Waals surface area (Å²) in [5.74, 6) is 0.898. The zero-order chi connectivity index (χ0) is 24.2. The first-order valence-corrected chi connectivity index (χ1v) is 12.3. The quantitative estimate of drug-likeness (QED) is 0.361. The van der Waals surface area contributed by atoms with E-state index in [9.17, 15) is 4.79 Å². The number of imidazole rings is 1. The van der Waals surface area contributed by atoms with Gasteiger partial charge in [-0.15, -0.1) is 0 Å². The number of fused-ring (bicyclic) bond motifs is 2. The van der Waals surface area contributed by atoms with E-state index >= 15 is 0 Å². The van der Waals surface area contributed by atoms with Crippen LogP contribution >= 0.6 is 0 Å². The third kappa shape index (κ3) is 5.26. The number of hydrogen-bond donors (Lipinski definition) is 3. The van der Waals surface area contributed by atoms with Crippen LogP contribution in [0.15, 0.2) is 60.8 Å². The number of carbonyl (C=O) groups is 1. The summed E-state index contributed by atoms with van der Waals surface area (Å²) in [5.41, 5.74) is 13.8. The smallest absolute Gasteiger partial charge is 0.217 e. The lowest BCUT2D eigenvalue weighted by molar-refractivity contribution is -0.119. The van der Waals surface area contributed by atoms with Gasteiger partial charge >= 0.3 is 0 Å². The molecule has 1 aliphatic carbocycles. The van der Waals surface area contributed by atoms with Crippen molar-refractivity contribution in [1.82, 2.24) is 25.2 Å². The van der Waals surface area contributed by atoms with E-state index in [1.54, 1.807) is 6.92 Å². The fourth-order valence-corrected chi connectivity index (χ4v) is 5.05. The predicted octanol–water partition coefficient (Wildman–Crippen LogP) is 4.13. The van der Waals surface area contributed by atoms with Gasteiger partial charge in [-0.2, -0.15) is 0 Å². The minimum atomic E-state index is -0.0429. The first-order chi connectivity index (χ1) is 17.1. The van der Waals surface area contributed by atoms with Crippen LogP contribution in [-0.4, -0.2) is 25.8 Å². The molecule has 1 unspecified atom stereocenters. The lowest BCUT2D eigenvalue weighted by Crippen LogP contribution is -2.32. The molecule has 0 saturated carbocycles. The van der Waals surface area contributed by atoms with Gasteiger partial charge in [0.2, 0.25) is 5.91 Å². The number of pyridine rings is 1. The molecule has 35 heavy (non-hydrogen) atoms. The van der Waals surface area contributed by atoms with Gasteiger partial charge in [-0.1, -0.05) is 36.4 Å². The zero-order valence-electron chi connectivity index (χ0n) is 20.1. The number of nitrogens with one attached hydrogen (secondary N) is 2. The second-order valence-corrected chi connectivity index (χ2v) is 9.28. The lowest BCUT2D eigenvalue weighted by Gasteiger charge is -2.35. The van der Waals surface area contributed by atoms with E-state index in [-0.39, 0.29) is 11.9 Å². The van der Waals surface area contributed by atoms with Crippen LogP contribution in [0.3, 0.4) is 0 Å². The Kier molecular flexibility index (Phi) is 6.88. The van der Waals surface area contributed by atoms with Gasteiger partial charge in [-0.25, -0.2) is 4.98 Å². The number of nitrogens with zero attached hydrogens (tertiary/aromatic N) is 3. The van der Waals surface area contributed by atoms with Crippen molar-refractivity contribution in [2.75, 3.05) is 0 Å². The molecule has 4 N–H and O–H groups in total. The van der Waals surface area contributed by atoms with Gasteiger partial charge in [-0.3, -0.25) is 14.7 Å². The van der Waals surface area contributed by atoms with Gasteiger partial charge in [0.05, 0.1) is 29.3 Å². The Morgan fingerprint density at radius 3 is 2.86 bits per heavy atom. The van der Waals surface area contributed by atoms with E-state index in [0.29, 0.717) is 19.6 Å². The minimum absolute atomic E-state index is 0.0429. The number of nitrogens with two attached hydrogens (primary N) is 1. The molecule has 4 aromatic rings. The van der Waals surface area contributed by atoms with E-state index < -0.39 is 0 Å². The summed E-state index contributed by atoms with van der Waals surface area (Å²) in [6.07, 6.45) is 5.14. The molecule has 2 heterocycles. The van der Waals surface area contributed by atoms with E-state index in [0.717, 1.165) is 59.5 Å². The highest BCUT2D eigenvalue weighted by Gasteiger charge is 2.28. The van der Waals surface area contributed by atoms with E-state index in [4.69, 9.17) is 15.7 Å². The Morgan fingerprint density at radius 2 is 2.03 bits per heavy atom. The number of aryl methyl sites for hydroxylation is 1. The molecular formula is C28H32N6O. The average Bonchev–Trinajstić information content (AvgIpc) is 3.29. The van der Waals surface area contributed by atoms with Crippen LogP contribution in [0.5, 0.6) is 0 Å². The maximum atomic E-state index is 11.6. The third-order valence-electron chi connectivity index (χ3n) is 6.81. The van der Waals surface area contributed by atoms with Crippen LogP contribution in [0.1, 0.15) is 59.6 Å². The summed E-state index contributed by atoms with van der Waals surface area (Å²) in [7, 11) is 0. The standard InChI is InChI=1S/C28H32N6O/c1-19(35)31-16-23-14-20(15-29)11-12-22(23)17-34(18-27-32-24-8-2-3-9-25(24)33-27)26-10-4-6-21-7-5-13-30-28(21)26/h2-3,5,7-9,11-14,26H,4,6,10,15-18,29H2,1H3,(H,31,35)(H,32,33). The van der Waals surface area contributed by atoms with E-state index in [1.165, 1.54) is 11.1 Å². The van der Waals surface area contributed by atoms with Gasteiger partial charge < -0.3 is 16.0 Å². The molecule has 7 heteroatoms. The molecule has 0 bridgehead atoms. The fourth-order valence-electron chi connectivity index (χ4n) is 5.05. The van der Waals surface area contributed by atoms with E-state index in [1.807, 2.05) is 30.5 Å². The number of hydrogen-bond acceptors (Lipinski definition) is 5. The van der Waals surface area contributed by atoms with Gasteiger partial charge in [0.1, 0.15) is 5.82 Å². The molecule has 0 spiro atoms. The Bertz CT molecular complexity index is 1300. The number of aromatic nitrogens is 3. The summed E-state index contributed by atoms with van der Waals surface area (Å²) in [6.45, 7) is 3.89. The molecular weight excluding hydrogens is 436 g/mol. The summed E-state index contributed by atoms with van der Waals surface area (Å²) in [5, 5.41) is 2.96. The third-order valence-corrected chi connectivity index (χ3v) is 6.81. The van der Waals surface area contributed by atoms with Crippen molar-refractivity contribution in [3.8, 4) is 0 Å². The van der Waals surface area contributed by atoms with Crippen molar-refractivity contribution in [1.29, 1.82) is 0 Å². The number of H-pyrrole nitrogens is 1. The monoisotopic (exact) mass is 468 g/mol. The number of para-hydroxylation sites is 2. The Morgan fingerprint density at radius 1 is 1.14 bits per heavy atom. The highest BCUT2D eigenvalue weighted by atomic mass is 16.1. The number of rotatable bonds is 8.